The lowest BCUT2D eigenvalue weighted by molar-refractivity contribution is -0.274. The molecule has 0 saturated carbocycles. The van der Waals surface area contributed by atoms with Crippen LogP contribution in [0.4, 0.5) is 35.0 Å². The first-order valence-corrected chi connectivity index (χ1v) is 17.7. The SMILES string of the molecule is COc1c(NC(=O)Nc2ccc(Oc3ccnc(Cc4ccc(C(=O)O)c(OC(F)(F)F)c4)c3)c3ccccc23)cc(C(C)(C)C)cc1NS(C)(=O)=O. The Bertz CT molecular complexity index is 2310. The number of halogens is 3. The zero-order valence-electron chi connectivity index (χ0n) is 29.1. The molecule has 2 amide bonds. The molecule has 0 aliphatic carbocycles. The maximum Gasteiger partial charge on any atom is 0.573 e. The molecule has 0 spiro atoms. The number of nitrogens with zero attached hydrogens (tertiary/aromatic N) is 1. The summed E-state index contributed by atoms with van der Waals surface area (Å²) in [7, 11) is -2.31. The van der Waals surface area contributed by atoms with E-state index in [2.05, 4.69) is 25.1 Å². The summed E-state index contributed by atoms with van der Waals surface area (Å²) in [6.07, 6.45) is -2.56. The summed E-state index contributed by atoms with van der Waals surface area (Å²) in [6.45, 7) is 5.83. The van der Waals surface area contributed by atoms with Gasteiger partial charge in [-0.15, -0.1) is 13.2 Å². The van der Waals surface area contributed by atoms with Crippen LogP contribution in [0.15, 0.2) is 85.1 Å². The second-order valence-corrected chi connectivity index (χ2v) is 14.7. The molecule has 0 aliphatic rings. The summed E-state index contributed by atoms with van der Waals surface area (Å²) < 4.78 is 81.1. The van der Waals surface area contributed by atoms with E-state index in [4.69, 9.17) is 9.47 Å². The molecule has 1 heterocycles. The van der Waals surface area contributed by atoms with E-state index in [1.165, 1.54) is 19.4 Å². The van der Waals surface area contributed by atoms with Gasteiger partial charge in [-0.25, -0.2) is 18.0 Å². The zero-order valence-corrected chi connectivity index (χ0v) is 29.9. The quantitative estimate of drug-likeness (QED) is 0.103. The summed E-state index contributed by atoms with van der Waals surface area (Å²) in [5, 5.41) is 16.2. The van der Waals surface area contributed by atoms with Crippen LogP contribution in [0, 0.1) is 0 Å². The van der Waals surface area contributed by atoms with E-state index in [1.54, 1.807) is 60.7 Å². The van der Waals surface area contributed by atoms with E-state index >= 15 is 0 Å². The largest absolute Gasteiger partial charge is 0.573 e. The minimum Gasteiger partial charge on any atom is -0.492 e. The molecule has 0 aliphatic heterocycles. The van der Waals surface area contributed by atoms with Gasteiger partial charge in [-0.2, -0.15) is 0 Å². The van der Waals surface area contributed by atoms with E-state index in [0.29, 0.717) is 39.2 Å². The molecule has 53 heavy (non-hydrogen) atoms. The van der Waals surface area contributed by atoms with Crippen molar-refractivity contribution in [3.05, 3.63) is 107 Å². The number of carboxylic acid groups (broad SMARTS) is 1. The van der Waals surface area contributed by atoms with E-state index in [0.717, 1.165) is 24.0 Å². The van der Waals surface area contributed by atoms with Gasteiger partial charge in [0, 0.05) is 35.2 Å². The van der Waals surface area contributed by atoms with Gasteiger partial charge in [0.1, 0.15) is 22.8 Å². The van der Waals surface area contributed by atoms with E-state index in [-0.39, 0.29) is 23.5 Å². The van der Waals surface area contributed by atoms with Crippen LogP contribution in [0.2, 0.25) is 0 Å². The molecule has 4 aromatic carbocycles. The van der Waals surface area contributed by atoms with Gasteiger partial charge >= 0.3 is 18.4 Å². The van der Waals surface area contributed by atoms with Crippen molar-refractivity contribution in [2.45, 2.75) is 39.0 Å². The molecule has 0 atom stereocenters. The highest BCUT2D eigenvalue weighted by Gasteiger charge is 2.33. The predicted octanol–water partition coefficient (Wildman–Crippen LogP) is 8.54. The summed E-state index contributed by atoms with van der Waals surface area (Å²) >= 11 is 0. The smallest absolute Gasteiger partial charge is 0.492 e. The van der Waals surface area contributed by atoms with Gasteiger partial charge in [-0.05, 0) is 59.0 Å². The van der Waals surface area contributed by atoms with E-state index in [9.17, 15) is 36.3 Å². The average molecular weight is 753 g/mol. The van der Waals surface area contributed by atoms with Crippen LogP contribution in [0.5, 0.6) is 23.0 Å². The second kappa shape index (κ2) is 14.9. The number of hydrogen-bond acceptors (Lipinski definition) is 8. The number of pyridine rings is 1. The molecule has 278 valence electrons. The topological polar surface area (TPSA) is 165 Å². The Kier molecular flexibility index (Phi) is 10.7. The molecule has 5 rings (SSSR count). The minimum atomic E-state index is -5.08. The van der Waals surface area contributed by atoms with E-state index in [1.807, 2.05) is 20.8 Å². The fourth-order valence-corrected chi connectivity index (χ4v) is 5.96. The van der Waals surface area contributed by atoms with Crippen molar-refractivity contribution in [3.8, 4) is 23.0 Å². The van der Waals surface area contributed by atoms with Crippen molar-refractivity contribution in [3.63, 3.8) is 0 Å². The molecule has 0 bridgehead atoms. The third-order valence-electron chi connectivity index (χ3n) is 7.74. The predicted molar refractivity (Wildman–Crippen MR) is 194 cm³/mol. The maximum absolute atomic E-state index is 13.4. The van der Waals surface area contributed by atoms with Gasteiger partial charge < -0.3 is 30.0 Å². The molecule has 5 aromatic rings. The number of benzene rings is 4. The zero-order chi connectivity index (χ0) is 38.7. The fraction of sp³-hybridized carbons (Fsp3) is 0.216. The normalized spacial score (nSPS) is 11.8. The van der Waals surface area contributed by atoms with Crippen LogP contribution >= 0.6 is 0 Å². The summed E-state index contributed by atoms with van der Waals surface area (Å²) in [6, 6.07) is 19.8. The lowest BCUT2D eigenvalue weighted by atomic mass is 9.86. The van der Waals surface area contributed by atoms with Gasteiger partial charge in [0.25, 0.3) is 0 Å². The highest BCUT2D eigenvalue weighted by Crippen LogP contribution is 2.40. The first-order chi connectivity index (χ1) is 24.8. The summed E-state index contributed by atoms with van der Waals surface area (Å²) in [5.74, 6) is -1.50. The third-order valence-corrected chi connectivity index (χ3v) is 8.33. The molecule has 0 radical (unpaired) electrons. The van der Waals surface area contributed by atoms with Crippen molar-refractivity contribution in [1.82, 2.24) is 4.98 Å². The Morgan fingerprint density at radius 3 is 2.17 bits per heavy atom. The number of rotatable bonds is 11. The molecule has 4 N–H and O–H groups in total. The number of fused-ring (bicyclic) bond motifs is 1. The highest BCUT2D eigenvalue weighted by atomic mass is 32.2. The number of aromatic nitrogens is 1. The van der Waals surface area contributed by atoms with Crippen molar-refractivity contribution < 1.29 is 50.5 Å². The van der Waals surface area contributed by atoms with Gasteiger partial charge in [-0.1, -0.05) is 51.1 Å². The van der Waals surface area contributed by atoms with Gasteiger partial charge in [-0.3, -0.25) is 9.71 Å². The average Bonchev–Trinajstić information content (AvgIpc) is 3.04. The van der Waals surface area contributed by atoms with Crippen molar-refractivity contribution in [1.29, 1.82) is 0 Å². The molecule has 12 nitrogen and oxygen atoms in total. The molecule has 0 saturated heterocycles. The number of nitrogens with one attached hydrogen (secondary N) is 3. The number of carbonyl (C=O) groups is 2. The Hall–Kier alpha value is -6.03. The van der Waals surface area contributed by atoms with Gasteiger partial charge in [0.2, 0.25) is 10.0 Å². The molecular weight excluding hydrogens is 717 g/mol. The molecular formula is C37H35F3N4O8S. The maximum atomic E-state index is 13.4. The van der Waals surface area contributed by atoms with Crippen molar-refractivity contribution in [2.75, 3.05) is 28.7 Å². The number of aromatic carboxylic acids is 1. The van der Waals surface area contributed by atoms with Gasteiger partial charge in [0.05, 0.1) is 30.4 Å². The number of carboxylic acids is 1. The van der Waals surface area contributed by atoms with Crippen LogP contribution < -0.4 is 29.6 Å². The Morgan fingerprint density at radius 1 is 0.849 bits per heavy atom. The van der Waals surface area contributed by atoms with Crippen LogP contribution in [-0.2, 0) is 21.9 Å². The van der Waals surface area contributed by atoms with E-state index < -0.39 is 45.1 Å². The second-order valence-electron chi connectivity index (χ2n) is 12.9. The number of sulfonamides is 1. The highest BCUT2D eigenvalue weighted by molar-refractivity contribution is 7.92. The number of amides is 2. The Balaban J connectivity index is 1.38. The van der Waals surface area contributed by atoms with Crippen molar-refractivity contribution in [2.24, 2.45) is 0 Å². The number of hydrogen-bond donors (Lipinski definition) is 4. The first-order valence-electron chi connectivity index (χ1n) is 15.8. The fourth-order valence-electron chi connectivity index (χ4n) is 5.41. The molecule has 1 aromatic heterocycles. The number of anilines is 3. The monoisotopic (exact) mass is 752 g/mol. The van der Waals surface area contributed by atoms with Crippen LogP contribution in [-0.4, -0.2) is 50.2 Å². The number of methoxy groups -OCH3 is 1. The summed E-state index contributed by atoms with van der Waals surface area (Å²) in [4.78, 5) is 29.1. The minimum absolute atomic E-state index is 0.0410. The Labute approximate surface area is 303 Å². The van der Waals surface area contributed by atoms with Crippen LogP contribution in [0.25, 0.3) is 10.8 Å². The molecule has 16 heteroatoms. The molecule has 0 fully saturated rings. The number of alkyl halides is 3. The van der Waals surface area contributed by atoms with Crippen LogP contribution in [0.3, 0.4) is 0 Å². The summed E-state index contributed by atoms with van der Waals surface area (Å²) in [5.41, 5.74) is 1.28. The Morgan fingerprint density at radius 2 is 1.53 bits per heavy atom. The number of ether oxygens (including phenoxy) is 3. The number of carbonyl (C=O) groups excluding carboxylic acids is 1. The first kappa shape index (κ1) is 38.2. The van der Waals surface area contributed by atoms with Crippen molar-refractivity contribution >= 4 is 49.9 Å². The van der Waals surface area contributed by atoms with Crippen LogP contribution in [0.1, 0.15) is 48.0 Å². The standard InChI is InChI=1S/C37H35F3N4O8S/c1-36(2,3)22-18-29(33(50-4)30(19-22)44-53(5,48)49)43-35(47)42-28-12-13-31(26-9-7-6-8-25(26)28)51-24-14-15-41-23(20-24)16-21-10-11-27(34(45)46)32(17-21)52-37(38,39)40/h6-15,17-20,44H,16H2,1-5H3,(H,45,46)(H2,42,43,47). The third kappa shape index (κ3) is 9.85. The molecule has 0 unspecified atom stereocenters. The lowest BCUT2D eigenvalue weighted by Gasteiger charge is -2.24. The lowest BCUT2D eigenvalue weighted by Crippen LogP contribution is -2.22. The van der Waals surface area contributed by atoms with Gasteiger partial charge in [0.15, 0.2) is 5.75 Å². The number of urea groups is 1.